The van der Waals surface area contributed by atoms with Crippen molar-refractivity contribution in [1.29, 1.82) is 0 Å². The molecule has 0 saturated heterocycles. The topological polar surface area (TPSA) is 129 Å². The van der Waals surface area contributed by atoms with Crippen LogP contribution in [0.15, 0.2) is 11.0 Å². The normalized spacial score (nSPS) is 11.5. The lowest BCUT2D eigenvalue weighted by molar-refractivity contribution is 0.0693. The van der Waals surface area contributed by atoms with Gasteiger partial charge in [0.15, 0.2) is 0 Å². The lowest BCUT2D eigenvalue weighted by atomic mass is 9.90. The Labute approximate surface area is 141 Å². The Hall–Kier alpha value is -1.93. The van der Waals surface area contributed by atoms with Gasteiger partial charge in [0, 0.05) is 0 Å². The first-order chi connectivity index (χ1) is 11.1. The molecule has 0 unspecified atom stereocenters. The fourth-order valence-electron chi connectivity index (χ4n) is 2.64. The fraction of sp³-hybridized carbons (Fsp3) is 0.500. The molecule has 1 rings (SSSR count). The van der Waals surface area contributed by atoms with Crippen LogP contribution in [-0.2, 0) is 23.0 Å². The highest BCUT2D eigenvalue weighted by atomic mass is 32.2. The highest BCUT2D eigenvalue weighted by molar-refractivity contribution is 7.85. The Morgan fingerprint density at radius 2 is 1.46 bits per heavy atom. The number of carboxylic acid groups (broad SMARTS) is 2. The van der Waals surface area contributed by atoms with Crippen LogP contribution in [0.2, 0.25) is 0 Å². The zero-order valence-electron chi connectivity index (χ0n) is 13.7. The first-order valence-electron chi connectivity index (χ1n) is 7.77. The van der Waals surface area contributed by atoms with Gasteiger partial charge < -0.3 is 10.2 Å². The van der Waals surface area contributed by atoms with E-state index < -0.39 is 32.5 Å². The van der Waals surface area contributed by atoms with E-state index in [2.05, 4.69) is 0 Å². The van der Waals surface area contributed by atoms with Crippen LogP contribution < -0.4 is 0 Å². The predicted molar refractivity (Wildman–Crippen MR) is 87.4 cm³/mol. The second-order valence-corrected chi connectivity index (χ2v) is 6.94. The van der Waals surface area contributed by atoms with Crippen molar-refractivity contribution < 1.29 is 32.8 Å². The van der Waals surface area contributed by atoms with Crippen LogP contribution in [0.1, 0.15) is 71.4 Å². The van der Waals surface area contributed by atoms with Crippen LogP contribution in [0.5, 0.6) is 0 Å². The fourth-order valence-corrected chi connectivity index (χ4v) is 3.42. The maximum absolute atomic E-state index is 11.8. The Balaban J connectivity index is 3.86. The third-order valence-corrected chi connectivity index (χ3v) is 4.70. The van der Waals surface area contributed by atoms with E-state index in [9.17, 15) is 32.8 Å². The number of carbonyl (C=O) groups is 2. The van der Waals surface area contributed by atoms with E-state index in [1.165, 1.54) is 0 Å². The summed E-state index contributed by atoms with van der Waals surface area (Å²) in [6, 6.07) is 0.875. The van der Waals surface area contributed by atoms with Gasteiger partial charge in [-0.05, 0) is 42.9 Å². The average molecular weight is 358 g/mol. The van der Waals surface area contributed by atoms with Crippen LogP contribution in [0.3, 0.4) is 0 Å². The molecule has 7 nitrogen and oxygen atoms in total. The summed E-state index contributed by atoms with van der Waals surface area (Å²) < 4.78 is 32.8. The third-order valence-electron chi connectivity index (χ3n) is 3.78. The summed E-state index contributed by atoms with van der Waals surface area (Å²) in [6.07, 6.45) is 2.84. The molecule has 1 aromatic carbocycles. The summed E-state index contributed by atoms with van der Waals surface area (Å²) >= 11 is 0. The van der Waals surface area contributed by atoms with E-state index in [1.807, 2.05) is 13.8 Å². The number of unbranched alkanes of at least 4 members (excludes halogenated alkanes) is 2. The molecule has 0 fully saturated rings. The van der Waals surface area contributed by atoms with Gasteiger partial charge >= 0.3 is 11.9 Å². The summed E-state index contributed by atoms with van der Waals surface area (Å²) in [5.74, 6) is -2.81. The van der Waals surface area contributed by atoms with Crippen LogP contribution >= 0.6 is 0 Å². The number of rotatable bonds is 9. The summed E-state index contributed by atoms with van der Waals surface area (Å²) in [7, 11) is -4.74. The van der Waals surface area contributed by atoms with Crippen molar-refractivity contribution >= 4 is 22.1 Å². The predicted octanol–water partition coefficient (Wildman–Crippen LogP) is 3.01. The Bertz CT molecular complexity index is 735. The van der Waals surface area contributed by atoms with Crippen molar-refractivity contribution in [1.82, 2.24) is 0 Å². The van der Waals surface area contributed by atoms with E-state index >= 15 is 0 Å². The Morgan fingerprint density at radius 3 is 1.83 bits per heavy atom. The standard InChI is InChI=1S/C16H22O7S/c1-3-5-7-10-12(15(17)18)9-13(24(21,22)23)11(8-6-4-2)14(10)16(19)20/h9H,3-8H2,1-2H3,(H,17,18)(H,19,20)(H,21,22,23). The minimum atomic E-state index is -4.74. The zero-order chi connectivity index (χ0) is 18.5. The molecular formula is C16H22O7S. The molecule has 24 heavy (non-hydrogen) atoms. The maximum Gasteiger partial charge on any atom is 0.336 e. The first kappa shape index (κ1) is 20.1. The SMILES string of the molecule is CCCCc1c(C(=O)O)cc(S(=O)(=O)O)c(CCCC)c1C(=O)O. The number of hydrogen-bond acceptors (Lipinski definition) is 4. The van der Waals surface area contributed by atoms with Crippen LogP contribution in [0, 0.1) is 0 Å². The van der Waals surface area contributed by atoms with E-state index in [0.717, 1.165) is 12.5 Å². The molecule has 1 aromatic rings. The molecule has 0 radical (unpaired) electrons. The summed E-state index contributed by atoms with van der Waals surface area (Å²) in [4.78, 5) is 22.6. The van der Waals surface area contributed by atoms with Crippen LogP contribution in [0.25, 0.3) is 0 Å². The molecule has 0 atom stereocenters. The minimum Gasteiger partial charge on any atom is -0.478 e. The van der Waals surface area contributed by atoms with Crippen LogP contribution in [0.4, 0.5) is 0 Å². The molecular weight excluding hydrogens is 336 g/mol. The summed E-state index contributed by atoms with van der Waals surface area (Å²) in [6.45, 7) is 3.74. The van der Waals surface area contributed by atoms with Crippen molar-refractivity contribution in [2.75, 3.05) is 0 Å². The van der Waals surface area contributed by atoms with Gasteiger partial charge in [0.2, 0.25) is 0 Å². The maximum atomic E-state index is 11.8. The highest BCUT2D eigenvalue weighted by Crippen LogP contribution is 2.30. The molecule has 0 aliphatic heterocycles. The number of aromatic carboxylic acids is 2. The molecule has 8 heteroatoms. The van der Waals surface area contributed by atoms with Gasteiger partial charge in [-0.2, -0.15) is 8.42 Å². The van der Waals surface area contributed by atoms with Gasteiger partial charge in [-0.1, -0.05) is 26.7 Å². The van der Waals surface area contributed by atoms with Crippen molar-refractivity contribution in [2.24, 2.45) is 0 Å². The highest BCUT2D eigenvalue weighted by Gasteiger charge is 2.29. The molecule has 0 bridgehead atoms. The van der Waals surface area contributed by atoms with Crippen LogP contribution in [-0.4, -0.2) is 35.1 Å². The average Bonchev–Trinajstić information content (AvgIpc) is 2.48. The second-order valence-electron chi connectivity index (χ2n) is 5.55. The quantitative estimate of drug-likeness (QED) is 0.579. The molecule has 0 heterocycles. The lowest BCUT2D eigenvalue weighted by Crippen LogP contribution is -2.18. The third kappa shape index (κ3) is 4.55. The van der Waals surface area contributed by atoms with E-state index in [-0.39, 0.29) is 29.5 Å². The summed E-state index contributed by atoms with van der Waals surface area (Å²) in [5.41, 5.74) is -0.628. The summed E-state index contributed by atoms with van der Waals surface area (Å²) in [5, 5.41) is 18.9. The second kappa shape index (κ2) is 8.25. The minimum absolute atomic E-state index is 0.0250. The van der Waals surface area contributed by atoms with E-state index in [4.69, 9.17) is 0 Å². The van der Waals surface area contributed by atoms with Gasteiger partial charge in [-0.15, -0.1) is 0 Å². The Kier molecular flexibility index (Phi) is 6.92. The van der Waals surface area contributed by atoms with E-state index in [1.54, 1.807) is 0 Å². The largest absolute Gasteiger partial charge is 0.478 e. The van der Waals surface area contributed by atoms with Crippen molar-refractivity contribution in [2.45, 2.75) is 57.3 Å². The van der Waals surface area contributed by atoms with Gasteiger partial charge in [-0.3, -0.25) is 4.55 Å². The van der Waals surface area contributed by atoms with Crippen molar-refractivity contribution in [3.63, 3.8) is 0 Å². The number of hydrogen-bond donors (Lipinski definition) is 3. The lowest BCUT2D eigenvalue weighted by Gasteiger charge is -2.17. The molecule has 0 aliphatic carbocycles. The van der Waals surface area contributed by atoms with Crippen molar-refractivity contribution in [3.8, 4) is 0 Å². The molecule has 0 saturated carbocycles. The van der Waals surface area contributed by atoms with E-state index in [0.29, 0.717) is 19.3 Å². The zero-order valence-corrected chi connectivity index (χ0v) is 14.5. The monoisotopic (exact) mass is 358 g/mol. The number of carboxylic acids is 2. The smallest absolute Gasteiger partial charge is 0.336 e. The number of benzene rings is 1. The van der Waals surface area contributed by atoms with Gasteiger partial charge in [-0.25, -0.2) is 9.59 Å². The molecule has 0 spiro atoms. The molecule has 0 aromatic heterocycles. The van der Waals surface area contributed by atoms with Crippen molar-refractivity contribution in [3.05, 3.63) is 28.3 Å². The first-order valence-corrected chi connectivity index (χ1v) is 9.21. The molecule has 0 amide bonds. The van der Waals surface area contributed by atoms with Gasteiger partial charge in [0.1, 0.15) is 0 Å². The Morgan fingerprint density at radius 1 is 0.958 bits per heavy atom. The molecule has 3 N–H and O–H groups in total. The van der Waals surface area contributed by atoms with Gasteiger partial charge in [0.25, 0.3) is 10.1 Å². The van der Waals surface area contributed by atoms with Gasteiger partial charge in [0.05, 0.1) is 16.0 Å². The molecule has 0 aliphatic rings. The molecule has 134 valence electrons.